The van der Waals surface area contributed by atoms with E-state index in [0.29, 0.717) is 12.0 Å². The second-order valence-electron chi connectivity index (χ2n) is 5.17. The highest BCUT2D eigenvalue weighted by Crippen LogP contribution is 2.17. The molecule has 0 aromatic heterocycles. The monoisotopic (exact) mass is 226 g/mol. The summed E-state index contributed by atoms with van der Waals surface area (Å²) in [4.78, 5) is 12.1. The van der Waals surface area contributed by atoms with Crippen LogP contribution in [0.15, 0.2) is 0 Å². The van der Waals surface area contributed by atoms with Gasteiger partial charge in [-0.3, -0.25) is 4.79 Å². The number of piperidine rings is 1. The van der Waals surface area contributed by atoms with Crippen LogP contribution in [0.4, 0.5) is 0 Å². The topological polar surface area (TPSA) is 41.1 Å². The standard InChI is InChI=1S/C13H26N2O/c1-5-9(2)10(3)15-13(16)12-7-6-8-14-11(12)4/h9-12,14H,5-8H2,1-4H3,(H,15,16). The number of rotatable bonds is 4. The molecule has 0 bridgehead atoms. The quantitative estimate of drug-likeness (QED) is 0.769. The Kier molecular flexibility index (Phi) is 5.26. The van der Waals surface area contributed by atoms with Gasteiger partial charge in [-0.25, -0.2) is 0 Å². The van der Waals surface area contributed by atoms with Crippen molar-refractivity contribution in [1.82, 2.24) is 10.6 Å². The molecule has 1 aliphatic heterocycles. The first kappa shape index (κ1) is 13.5. The molecular formula is C13H26N2O. The third kappa shape index (κ3) is 3.48. The van der Waals surface area contributed by atoms with Crippen molar-refractivity contribution in [2.45, 2.75) is 59.0 Å². The summed E-state index contributed by atoms with van der Waals surface area (Å²) < 4.78 is 0. The largest absolute Gasteiger partial charge is 0.353 e. The van der Waals surface area contributed by atoms with Crippen molar-refractivity contribution in [1.29, 1.82) is 0 Å². The number of hydrogen-bond acceptors (Lipinski definition) is 2. The molecule has 0 aliphatic carbocycles. The van der Waals surface area contributed by atoms with Crippen LogP contribution in [0.25, 0.3) is 0 Å². The Morgan fingerprint density at radius 3 is 2.75 bits per heavy atom. The molecule has 2 N–H and O–H groups in total. The lowest BCUT2D eigenvalue weighted by Crippen LogP contribution is -2.49. The van der Waals surface area contributed by atoms with Gasteiger partial charge in [-0.05, 0) is 39.2 Å². The van der Waals surface area contributed by atoms with Crippen LogP contribution in [0.1, 0.15) is 47.0 Å². The molecule has 3 heteroatoms. The van der Waals surface area contributed by atoms with Gasteiger partial charge in [0.25, 0.3) is 0 Å². The summed E-state index contributed by atoms with van der Waals surface area (Å²) in [5, 5.41) is 6.52. The minimum absolute atomic E-state index is 0.153. The second-order valence-corrected chi connectivity index (χ2v) is 5.17. The van der Waals surface area contributed by atoms with Gasteiger partial charge in [-0.1, -0.05) is 20.3 Å². The summed E-state index contributed by atoms with van der Waals surface area (Å²) in [7, 11) is 0. The first-order valence-corrected chi connectivity index (χ1v) is 6.60. The van der Waals surface area contributed by atoms with Crippen molar-refractivity contribution < 1.29 is 4.79 Å². The van der Waals surface area contributed by atoms with Crippen molar-refractivity contribution in [2.75, 3.05) is 6.54 Å². The molecule has 1 aliphatic rings. The average molecular weight is 226 g/mol. The molecule has 0 aromatic carbocycles. The smallest absolute Gasteiger partial charge is 0.224 e. The Morgan fingerprint density at radius 2 is 2.19 bits per heavy atom. The zero-order valence-corrected chi connectivity index (χ0v) is 11.0. The molecule has 0 spiro atoms. The molecular weight excluding hydrogens is 200 g/mol. The molecule has 1 amide bonds. The van der Waals surface area contributed by atoms with Crippen LogP contribution in [0, 0.1) is 11.8 Å². The van der Waals surface area contributed by atoms with E-state index >= 15 is 0 Å². The number of amides is 1. The van der Waals surface area contributed by atoms with Crippen LogP contribution in [-0.4, -0.2) is 24.5 Å². The predicted molar refractivity (Wildman–Crippen MR) is 67.2 cm³/mol. The zero-order valence-electron chi connectivity index (χ0n) is 11.0. The van der Waals surface area contributed by atoms with Gasteiger partial charge in [0.1, 0.15) is 0 Å². The van der Waals surface area contributed by atoms with Crippen molar-refractivity contribution in [3.05, 3.63) is 0 Å². The second kappa shape index (κ2) is 6.24. The lowest BCUT2D eigenvalue weighted by atomic mass is 9.90. The van der Waals surface area contributed by atoms with Gasteiger partial charge in [0.15, 0.2) is 0 Å². The Morgan fingerprint density at radius 1 is 1.50 bits per heavy atom. The first-order chi connectivity index (χ1) is 7.56. The summed E-state index contributed by atoms with van der Waals surface area (Å²) in [6.45, 7) is 9.61. The highest BCUT2D eigenvalue weighted by Gasteiger charge is 2.28. The number of nitrogens with one attached hydrogen (secondary N) is 2. The van der Waals surface area contributed by atoms with Gasteiger partial charge in [-0.2, -0.15) is 0 Å². The van der Waals surface area contributed by atoms with Crippen LogP contribution in [0.2, 0.25) is 0 Å². The van der Waals surface area contributed by atoms with Gasteiger partial charge < -0.3 is 10.6 Å². The highest BCUT2D eigenvalue weighted by atomic mass is 16.2. The Bertz CT molecular complexity index is 230. The molecule has 0 radical (unpaired) electrons. The minimum atomic E-state index is 0.153. The van der Waals surface area contributed by atoms with Crippen LogP contribution in [0.5, 0.6) is 0 Å². The molecule has 94 valence electrons. The maximum Gasteiger partial charge on any atom is 0.224 e. The van der Waals surface area contributed by atoms with Crippen molar-refractivity contribution in [3.8, 4) is 0 Å². The van der Waals surface area contributed by atoms with E-state index in [1.54, 1.807) is 0 Å². The third-order valence-corrected chi connectivity index (χ3v) is 3.97. The van der Waals surface area contributed by atoms with E-state index in [9.17, 15) is 4.79 Å². The molecule has 3 nitrogen and oxygen atoms in total. The average Bonchev–Trinajstić information content (AvgIpc) is 2.28. The van der Waals surface area contributed by atoms with Crippen LogP contribution < -0.4 is 10.6 Å². The van der Waals surface area contributed by atoms with Gasteiger partial charge in [0.2, 0.25) is 5.91 Å². The van der Waals surface area contributed by atoms with E-state index in [1.165, 1.54) is 0 Å². The fourth-order valence-electron chi connectivity index (χ4n) is 2.23. The van der Waals surface area contributed by atoms with Gasteiger partial charge in [0, 0.05) is 12.1 Å². The van der Waals surface area contributed by atoms with E-state index in [0.717, 1.165) is 25.8 Å². The van der Waals surface area contributed by atoms with E-state index in [2.05, 4.69) is 38.3 Å². The fourth-order valence-corrected chi connectivity index (χ4v) is 2.23. The fraction of sp³-hybridized carbons (Fsp3) is 0.923. The molecule has 0 aromatic rings. The van der Waals surface area contributed by atoms with Crippen molar-refractivity contribution >= 4 is 5.91 Å². The summed E-state index contributed by atoms with van der Waals surface area (Å²) in [6, 6.07) is 0.601. The van der Waals surface area contributed by atoms with Crippen molar-refractivity contribution in [3.63, 3.8) is 0 Å². The minimum Gasteiger partial charge on any atom is -0.353 e. The van der Waals surface area contributed by atoms with Crippen LogP contribution in [0.3, 0.4) is 0 Å². The SMILES string of the molecule is CCC(C)C(C)NC(=O)C1CCCNC1C. The summed E-state index contributed by atoms with van der Waals surface area (Å²) in [6.07, 6.45) is 3.24. The van der Waals surface area contributed by atoms with Gasteiger partial charge >= 0.3 is 0 Å². The summed E-state index contributed by atoms with van der Waals surface area (Å²) in [5.41, 5.74) is 0. The van der Waals surface area contributed by atoms with Crippen molar-refractivity contribution in [2.24, 2.45) is 11.8 Å². The molecule has 0 saturated carbocycles. The predicted octanol–water partition coefficient (Wildman–Crippen LogP) is 1.93. The molecule has 4 unspecified atom stereocenters. The molecule has 16 heavy (non-hydrogen) atoms. The molecule has 1 fully saturated rings. The lowest BCUT2D eigenvalue weighted by molar-refractivity contribution is -0.127. The highest BCUT2D eigenvalue weighted by molar-refractivity contribution is 5.79. The molecule has 4 atom stereocenters. The van der Waals surface area contributed by atoms with E-state index in [-0.39, 0.29) is 17.9 Å². The first-order valence-electron chi connectivity index (χ1n) is 6.60. The molecule has 1 heterocycles. The van der Waals surface area contributed by atoms with E-state index in [4.69, 9.17) is 0 Å². The maximum absolute atomic E-state index is 12.1. The Balaban J connectivity index is 2.44. The van der Waals surface area contributed by atoms with Gasteiger partial charge in [0.05, 0.1) is 5.92 Å². The zero-order chi connectivity index (χ0) is 12.1. The van der Waals surface area contributed by atoms with E-state index in [1.807, 2.05) is 0 Å². The number of carbonyl (C=O) groups is 1. The lowest BCUT2D eigenvalue weighted by Gasteiger charge is -2.31. The van der Waals surface area contributed by atoms with Crippen LogP contribution >= 0.6 is 0 Å². The molecule has 1 saturated heterocycles. The van der Waals surface area contributed by atoms with Crippen LogP contribution in [-0.2, 0) is 4.79 Å². The molecule has 1 rings (SSSR count). The van der Waals surface area contributed by atoms with Gasteiger partial charge in [-0.15, -0.1) is 0 Å². The third-order valence-electron chi connectivity index (χ3n) is 3.97. The maximum atomic E-state index is 12.1. The Hall–Kier alpha value is -0.570. The number of hydrogen-bond donors (Lipinski definition) is 2. The van der Waals surface area contributed by atoms with E-state index < -0.39 is 0 Å². The summed E-state index contributed by atoms with van der Waals surface area (Å²) >= 11 is 0. The number of carbonyl (C=O) groups excluding carboxylic acids is 1. The normalized spacial score (nSPS) is 29.5. The summed E-state index contributed by atoms with van der Waals surface area (Å²) in [5.74, 6) is 0.934. The Labute approximate surface area is 99.4 Å².